The van der Waals surface area contributed by atoms with E-state index in [2.05, 4.69) is 44.9 Å². The molecule has 2 aliphatic rings. The minimum atomic E-state index is -0.615. The predicted molar refractivity (Wildman–Crippen MR) is 136 cm³/mol. The molecule has 1 fully saturated rings. The number of hydrogen-bond acceptors (Lipinski definition) is 5. The van der Waals surface area contributed by atoms with Crippen LogP contribution in [0, 0.1) is 11.3 Å². The van der Waals surface area contributed by atoms with Crippen LogP contribution in [-0.4, -0.2) is 63.1 Å². The zero-order chi connectivity index (χ0) is 24.5. The van der Waals surface area contributed by atoms with Crippen molar-refractivity contribution in [2.45, 2.75) is 71.7 Å². The van der Waals surface area contributed by atoms with Gasteiger partial charge in [-0.2, -0.15) is 0 Å². The van der Waals surface area contributed by atoms with Gasteiger partial charge in [0, 0.05) is 18.3 Å². The molecule has 0 saturated carbocycles. The van der Waals surface area contributed by atoms with Crippen LogP contribution in [0.1, 0.15) is 64.8 Å². The van der Waals surface area contributed by atoms with E-state index >= 15 is 0 Å². The Morgan fingerprint density at radius 1 is 1.26 bits per heavy atom. The molecule has 2 aromatic rings. The van der Waals surface area contributed by atoms with Crippen molar-refractivity contribution in [2.24, 2.45) is 10.9 Å². The topological polar surface area (TPSA) is 98.8 Å². The number of hydrogen-bond donors (Lipinski definition) is 3. The molecular formula is C26H38N6O2. The lowest BCUT2D eigenvalue weighted by molar-refractivity contribution is -0.0179. The van der Waals surface area contributed by atoms with E-state index in [-0.39, 0.29) is 12.1 Å². The molecule has 1 aromatic heterocycles. The summed E-state index contributed by atoms with van der Waals surface area (Å²) in [6.07, 6.45) is 5.05. The molecule has 0 bridgehead atoms. The molecule has 0 spiro atoms. The number of nitrogens with one attached hydrogen (secondary N) is 2. The highest BCUT2D eigenvalue weighted by Gasteiger charge is 2.32. The second-order valence-corrected chi connectivity index (χ2v) is 10.3. The second kappa shape index (κ2) is 9.88. The van der Waals surface area contributed by atoms with E-state index in [1.807, 2.05) is 33.9 Å². The third kappa shape index (κ3) is 5.18. The first-order chi connectivity index (χ1) is 16.2. The minimum absolute atomic E-state index is 0.184. The van der Waals surface area contributed by atoms with Crippen LogP contribution in [0.3, 0.4) is 0 Å². The molecule has 0 radical (unpaired) electrons. The maximum absolute atomic E-state index is 10.4. The number of likely N-dealkylation sites (tertiary alicyclic amines) is 1. The number of piperidine rings is 1. The van der Waals surface area contributed by atoms with Gasteiger partial charge >= 0.3 is 0 Å². The van der Waals surface area contributed by atoms with Crippen molar-refractivity contribution in [3.8, 4) is 17.1 Å². The molecule has 1 unspecified atom stereocenters. The highest BCUT2D eigenvalue weighted by Crippen LogP contribution is 2.37. The van der Waals surface area contributed by atoms with Crippen molar-refractivity contribution in [3.05, 3.63) is 35.7 Å². The Bertz CT molecular complexity index is 1040. The molecule has 0 amide bonds. The first-order valence-electron chi connectivity index (χ1n) is 12.3. The quantitative estimate of drug-likeness (QED) is 0.444. The van der Waals surface area contributed by atoms with Crippen LogP contribution in [0.2, 0.25) is 0 Å². The lowest BCUT2D eigenvalue weighted by atomic mass is 9.82. The average molecular weight is 467 g/mol. The Morgan fingerprint density at radius 2 is 2.00 bits per heavy atom. The summed E-state index contributed by atoms with van der Waals surface area (Å²) in [5.74, 6) is 2.65. The number of imidazole rings is 1. The van der Waals surface area contributed by atoms with Crippen LogP contribution in [0.5, 0.6) is 5.75 Å². The highest BCUT2D eigenvalue weighted by atomic mass is 16.5. The fraction of sp³-hybridized carbons (Fsp3) is 0.577. The Balaban J connectivity index is 1.62. The smallest absolute Gasteiger partial charge is 0.155 e. The first-order valence-corrected chi connectivity index (χ1v) is 12.3. The molecule has 0 aliphatic carbocycles. The SMILES string of the molecule is CC(C)N/C(=N\C=N)c1cn2c(n1)-c1cc(C(C)N3CCC(C(C)(C)O)CC3)ccc1OCC2. The number of amidine groups is 1. The van der Waals surface area contributed by atoms with Crippen LogP contribution in [0.25, 0.3) is 11.4 Å². The third-order valence-corrected chi connectivity index (χ3v) is 7.03. The number of rotatable bonds is 6. The number of ether oxygens (including phenoxy) is 1. The third-order valence-electron chi connectivity index (χ3n) is 7.03. The summed E-state index contributed by atoms with van der Waals surface area (Å²) in [6.45, 7) is 13.4. The van der Waals surface area contributed by atoms with Crippen LogP contribution < -0.4 is 10.1 Å². The predicted octanol–water partition coefficient (Wildman–Crippen LogP) is 3.84. The second-order valence-electron chi connectivity index (χ2n) is 10.3. The standard InChI is InChI=1S/C26H38N6O2/c1-17(2)29-24(28-16-27)22-15-32-12-13-34-23-7-6-19(14-21(23)25(32)30-22)18(3)31-10-8-20(9-11-31)26(4,5)33/h6-7,14-18,20,33H,8-13H2,1-5H3,(H2,27,28,29). The van der Waals surface area contributed by atoms with Crippen LogP contribution in [0.15, 0.2) is 29.4 Å². The zero-order valence-corrected chi connectivity index (χ0v) is 21.0. The zero-order valence-electron chi connectivity index (χ0n) is 21.0. The van der Waals surface area contributed by atoms with Gasteiger partial charge in [0.2, 0.25) is 0 Å². The van der Waals surface area contributed by atoms with Crippen molar-refractivity contribution in [2.75, 3.05) is 19.7 Å². The van der Waals surface area contributed by atoms with Crippen LogP contribution in [-0.2, 0) is 6.54 Å². The number of fused-ring (bicyclic) bond motifs is 3. The van der Waals surface area contributed by atoms with Crippen LogP contribution >= 0.6 is 0 Å². The Hall–Kier alpha value is -2.71. The molecule has 3 heterocycles. The van der Waals surface area contributed by atoms with Crippen molar-refractivity contribution in [3.63, 3.8) is 0 Å². The minimum Gasteiger partial charge on any atom is -0.491 e. The Kier molecular flexibility index (Phi) is 7.09. The van der Waals surface area contributed by atoms with Gasteiger partial charge < -0.3 is 19.7 Å². The molecule has 2 aliphatic heterocycles. The molecule has 1 saturated heterocycles. The van der Waals surface area contributed by atoms with E-state index in [1.54, 1.807) is 0 Å². The number of nitrogens with zero attached hydrogens (tertiary/aromatic N) is 4. The van der Waals surface area contributed by atoms with Crippen molar-refractivity contribution in [1.29, 1.82) is 5.41 Å². The summed E-state index contributed by atoms with van der Waals surface area (Å²) in [5, 5.41) is 21.1. The van der Waals surface area contributed by atoms with Gasteiger partial charge in [-0.1, -0.05) is 6.07 Å². The van der Waals surface area contributed by atoms with E-state index in [1.165, 1.54) is 5.56 Å². The highest BCUT2D eigenvalue weighted by molar-refractivity contribution is 6.01. The number of aliphatic imine (C=N–C) groups is 1. The largest absolute Gasteiger partial charge is 0.491 e. The molecule has 8 nitrogen and oxygen atoms in total. The Morgan fingerprint density at radius 3 is 2.65 bits per heavy atom. The molecular weight excluding hydrogens is 428 g/mol. The fourth-order valence-electron chi connectivity index (χ4n) is 5.00. The summed E-state index contributed by atoms with van der Waals surface area (Å²) in [7, 11) is 0. The van der Waals surface area contributed by atoms with E-state index in [0.29, 0.717) is 24.9 Å². The number of benzene rings is 1. The monoisotopic (exact) mass is 466 g/mol. The van der Waals surface area contributed by atoms with E-state index in [0.717, 1.165) is 55.1 Å². The maximum atomic E-state index is 10.4. The van der Waals surface area contributed by atoms with Gasteiger partial charge in [-0.25, -0.2) is 9.98 Å². The van der Waals surface area contributed by atoms with Gasteiger partial charge in [0.15, 0.2) is 5.84 Å². The van der Waals surface area contributed by atoms with E-state index < -0.39 is 5.60 Å². The van der Waals surface area contributed by atoms with Crippen molar-refractivity contribution in [1.82, 2.24) is 19.8 Å². The van der Waals surface area contributed by atoms with Crippen molar-refractivity contribution < 1.29 is 9.84 Å². The molecule has 8 heteroatoms. The van der Waals surface area contributed by atoms with E-state index in [9.17, 15) is 5.11 Å². The molecule has 1 atom stereocenters. The van der Waals surface area contributed by atoms with Crippen molar-refractivity contribution >= 4 is 12.2 Å². The number of aliphatic hydroxyl groups is 1. The first kappa shape index (κ1) is 24.4. The summed E-state index contributed by atoms with van der Waals surface area (Å²) < 4.78 is 8.17. The van der Waals surface area contributed by atoms with E-state index in [4.69, 9.17) is 15.1 Å². The number of aromatic nitrogens is 2. The average Bonchev–Trinajstić information content (AvgIpc) is 3.14. The molecule has 4 rings (SSSR count). The molecule has 34 heavy (non-hydrogen) atoms. The normalized spacial score (nSPS) is 18.6. The van der Waals surface area contributed by atoms with Gasteiger partial charge in [-0.05, 0) is 84.2 Å². The summed E-state index contributed by atoms with van der Waals surface area (Å²) in [6, 6.07) is 6.88. The lowest BCUT2D eigenvalue weighted by Gasteiger charge is -2.40. The van der Waals surface area contributed by atoms with Gasteiger partial charge in [0.25, 0.3) is 0 Å². The van der Waals surface area contributed by atoms with Gasteiger partial charge in [-0.3, -0.25) is 10.3 Å². The maximum Gasteiger partial charge on any atom is 0.155 e. The summed E-state index contributed by atoms with van der Waals surface area (Å²) >= 11 is 0. The van der Waals surface area contributed by atoms with Gasteiger partial charge in [-0.15, -0.1) is 0 Å². The van der Waals surface area contributed by atoms with Gasteiger partial charge in [0.1, 0.15) is 30.2 Å². The summed E-state index contributed by atoms with van der Waals surface area (Å²) in [5.41, 5.74) is 2.33. The lowest BCUT2D eigenvalue weighted by Crippen LogP contribution is -2.42. The molecule has 1 aromatic carbocycles. The molecule has 184 valence electrons. The Labute approximate surface area is 202 Å². The van der Waals surface area contributed by atoms with Crippen LogP contribution in [0.4, 0.5) is 0 Å². The summed E-state index contributed by atoms with van der Waals surface area (Å²) in [4.78, 5) is 11.6. The van der Waals surface area contributed by atoms with Gasteiger partial charge in [0.05, 0.1) is 17.7 Å². The fourth-order valence-corrected chi connectivity index (χ4v) is 5.00. The molecule has 3 N–H and O–H groups in total.